The van der Waals surface area contributed by atoms with E-state index in [4.69, 9.17) is 13.9 Å². The maximum absolute atomic E-state index is 14.1. The molecule has 0 atom stereocenters. The van der Waals surface area contributed by atoms with Crippen molar-refractivity contribution in [2.24, 2.45) is 0 Å². The molecule has 7 nitrogen and oxygen atoms in total. The number of nitrogens with one attached hydrogen (secondary N) is 2. The smallest absolute Gasteiger partial charge is 0.453 e. The number of phenols is 1. The lowest BCUT2D eigenvalue weighted by Crippen LogP contribution is -3.27. The van der Waals surface area contributed by atoms with Crippen LogP contribution in [-0.4, -0.2) is 38.4 Å². The van der Waals surface area contributed by atoms with Crippen LogP contribution in [0.15, 0.2) is 75.9 Å². The number of hydrogen-bond donors (Lipinski definition) is 3. The van der Waals surface area contributed by atoms with Gasteiger partial charge in [-0.2, -0.15) is 13.2 Å². The monoisotopic (exact) mass is 542 g/mol. The second kappa shape index (κ2) is 11.0. The number of piperazine rings is 1. The molecule has 3 N–H and O–H groups in total. The van der Waals surface area contributed by atoms with Crippen LogP contribution in [0, 0.1) is 0 Å². The molecule has 0 aliphatic carbocycles. The molecular weight excluding hydrogens is 513 g/mol. The Kier molecular flexibility index (Phi) is 7.49. The van der Waals surface area contributed by atoms with Crippen LogP contribution in [0.5, 0.6) is 23.0 Å². The Labute approximate surface area is 222 Å². The van der Waals surface area contributed by atoms with Crippen LogP contribution < -0.4 is 24.7 Å². The molecule has 0 unspecified atom stereocenters. The van der Waals surface area contributed by atoms with Crippen molar-refractivity contribution in [2.45, 2.75) is 19.3 Å². The van der Waals surface area contributed by atoms with E-state index in [0.717, 1.165) is 37.6 Å². The molecule has 1 aromatic heterocycles. The highest BCUT2D eigenvalue weighted by Gasteiger charge is 2.41. The molecule has 10 heteroatoms. The predicted molar refractivity (Wildman–Crippen MR) is 137 cm³/mol. The predicted octanol–water partition coefficient (Wildman–Crippen LogP) is 2.80. The Bertz CT molecular complexity index is 1500. The molecule has 204 valence electrons. The van der Waals surface area contributed by atoms with Crippen molar-refractivity contribution < 1.29 is 42.0 Å². The van der Waals surface area contributed by atoms with Gasteiger partial charge in [0.25, 0.3) is 5.76 Å². The molecule has 0 radical (unpaired) electrons. The van der Waals surface area contributed by atoms with Gasteiger partial charge in [0, 0.05) is 5.56 Å². The summed E-state index contributed by atoms with van der Waals surface area (Å²) in [5, 5.41) is 10.5. The number of rotatable bonds is 7. The summed E-state index contributed by atoms with van der Waals surface area (Å²) in [6.45, 7) is 4.37. The minimum atomic E-state index is -5.00. The number of aromatic hydroxyl groups is 1. The Morgan fingerprint density at radius 2 is 1.49 bits per heavy atom. The molecule has 4 aromatic rings. The third kappa shape index (κ3) is 5.86. The molecule has 0 spiro atoms. The Hall–Kier alpha value is -4.02. The molecule has 5 rings (SSSR count). The Balaban J connectivity index is 1.43. The van der Waals surface area contributed by atoms with Crippen LogP contribution in [0.3, 0.4) is 0 Å². The summed E-state index contributed by atoms with van der Waals surface area (Å²) in [4.78, 5) is 15.8. The van der Waals surface area contributed by atoms with Gasteiger partial charge in [-0.25, -0.2) is 0 Å². The minimum Gasteiger partial charge on any atom is -0.507 e. The van der Waals surface area contributed by atoms with Gasteiger partial charge < -0.3 is 28.8 Å². The number of benzene rings is 3. The Morgan fingerprint density at radius 3 is 2.10 bits per heavy atom. The second-order valence-corrected chi connectivity index (χ2v) is 9.64. The van der Waals surface area contributed by atoms with E-state index < -0.39 is 23.1 Å². The summed E-state index contributed by atoms with van der Waals surface area (Å²) >= 11 is 0. The highest BCUT2D eigenvalue weighted by Crippen LogP contribution is 2.39. The molecule has 39 heavy (non-hydrogen) atoms. The van der Waals surface area contributed by atoms with E-state index in [1.807, 2.05) is 18.2 Å². The van der Waals surface area contributed by atoms with Crippen LogP contribution >= 0.6 is 0 Å². The van der Waals surface area contributed by atoms with Crippen LogP contribution in [0.4, 0.5) is 13.2 Å². The normalized spacial score (nSPS) is 17.7. The first-order valence-electron chi connectivity index (χ1n) is 12.6. The van der Waals surface area contributed by atoms with Gasteiger partial charge in [0.1, 0.15) is 56.5 Å². The topological polar surface area (TPSA) is 77.8 Å². The lowest BCUT2D eigenvalue weighted by atomic mass is 10.1. The fraction of sp³-hybridized carbons (Fsp3) is 0.276. The third-order valence-electron chi connectivity index (χ3n) is 7.02. The molecule has 1 saturated heterocycles. The highest BCUT2D eigenvalue weighted by molar-refractivity contribution is 5.83. The van der Waals surface area contributed by atoms with Gasteiger partial charge in [0.15, 0.2) is 5.58 Å². The Morgan fingerprint density at radius 1 is 0.872 bits per heavy atom. The zero-order valence-electron chi connectivity index (χ0n) is 21.3. The van der Waals surface area contributed by atoms with Crippen LogP contribution in [0.25, 0.3) is 11.0 Å². The molecule has 0 saturated carbocycles. The maximum Gasteiger partial charge on any atom is 0.453 e. The number of hydrogen-bond acceptors (Lipinski definition) is 5. The molecular formula is C29H29F3N2O5+2. The minimum absolute atomic E-state index is 0.0206. The van der Waals surface area contributed by atoms with Gasteiger partial charge in [-0.15, -0.1) is 0 Å². The van der Waals surface area contributed by atoms with Crippen molar-refractivity contribution in [1.82, 2.24) is 0 Å². The largest absolute Gasteiger partial charge is 0.507 e. The summed E-state index contributed by atoms with van der Waals surface area (Å²) < 4.78 is 58.1. The van der Waals surface area contributed by atoms with E-state index in [0.29, 0.717) is 5.75 Å². The average Bonchev–Trinajstić information content (AvgIpc) is 2.93. The lowest BCUT2D eigenvalue weighted by molar-refractivity contribution is -1.02. The molecule has 3 aromatic carbocycles. The van der Waals surface area contributed by atoms with Crippen molar-refractivity contribution in [3.63, 3.8) is 0 Å². The summed E-state index contributed by atoms with van der Waals surface area (Å²) in [7, 11) is 1.45. The van der Waals surface area contributed by atoms with Crippen LogP contribution in [0.1, 0.15) is 16.9 Å². The van der Waals surface area contributed by atoms with E-state index in [9.17, 15) is 23.1 Å². The first kappa shape index (κ1) is 26.6. The molecule has 0 amide bonds. The van der Waals surface area contributed by atoms with Gasteiger partial charge in [0.05, 0.1) is 18.1 Å². The molecule has 1 aliphatic rings. The van der Waals surface area contributed by atoms with E-state index in [1.54, 1.807) is 0 Å². The fourth-order valence-corrected chi connectivity index (χ4v) is 4.94. The molecule has 2 heterocycles. The molecule has 1 fully saturated rings. The summed E-state index contributed by atoms with van der Waals surface area (Å²) in [5.41, 5.74) is 0.179. The summed E-state index contributed by atoms with van der Waals surface area (Å²) in [6.07, 6.45) is -5.00. The number of methoxy groups -OCH3 is 1. The number of fused-ring (bicyclic) bond motifs is 1. The number of ether oxygens (including phenoxy) is 2. The summed E-state index contributed by atoms with van der Waals surface area (Å²) in [6, 6.07) is 18.6. The highest BCUT2D eigenvalue weighted by atomic mass is 19.4. The quantitative estimate of drug-likeness (QED) is 0.335. The van der Waals surface area contributed by atoms with Crippen molar-refractivity contribution in [3.05, 3.63) is 93.8 Å². The SMILES string of the molecule is COc1ccc(Oc2c(C(F)(F)F)oc3c(C[NH+]4CC[NH+](Cc5ccccc5)CC4)c(O)ccc3c2=O)cc1. The second-order valence-electron chi connectivity index (χ2n) is 9.64. The van der Waals surface area contributed by atoms with Gasteiger partial charge in [-0.3, -0.25) is 4.79 Å². The van der Waals surface area contributed by atoms with Crippen molar-refractivity contribution >= 4 is 11.0 Å². The van der Waals surface area contributed by atoms with Crippen molar-refractivity contribution in [1.29, 1.82) is 0 Å². The fourth-order valence-electron chi connectivity index (χ4n) is 4.94. The number of phenolic OH excluding ortho intramolecular Hbond substituents is 1. The number of quaternary nitrogens is 2. The molecule has 0 bridgehead atoms. The van der Waals surface area contributed by atoms with Crippen LogP contribution in [-0.2, 0) is 19.3 Å². The van der Waals surface area contributed by atoms with Crippen molar-refractivity contribution in [2.75, 3.05) is 33.3 Å². The first-order chi connectivity index (χ1) is 18.7. The van der Waals surface area contributed by atoms with Crippen LogP contribution in [0.2, 0.25) is 0 Å². The maximum atomic E-state index is 14.1. The third-order valence-corrected chi connectivity index (χ3v) is 7.02. The number of halogens is 3. The molecule has 1 aliphatic heterocycles. The van der Waals surface area contributed by atoms with E-state index in [-0.39, 0.29) is 34.6 Å². The first-order valence-corrected chi connectivity index (χ1v) is 12.6. The zero-order chi connectivity index (χ0) is 27.6. The standard InChI is InChI=1S/C29H27F3N2O5/c1-37-20-7-9-21(10-8-20)38-27-25(36)22-11-12-24(35)23(26(22)39-28(27)29(30,31)32)18-34-15-13-33(14-16-34)17-19-5-3-2-4-6-19/h2-12,35H,13-18H2,1H3/p+2. The summed E-state index contributed by atoms with van der Waals surface area (Å²) in [5.74, 6) is -2.22. The number of alkyl halides is 3. The van der Waals surface area contributed by atoms with Gasteiger partial charge in [-0.05, 0) is 36.4 Å². The van der Waals surface area contributed by atoms with Gasteiger partial charge in [-0.1, -0.05) is 30.3 Å². The lowest BCUT2D eigenvalue weighted by Gasteiger charge is -2.30. The van der Waals surface area contributed by atoms with Gasteiger partial charge >= 0.3 is 6.18 Å². The van der Waals surface area contributed by atoms with Crippen molar-refractivity contribution in [3.8, 4) is 23.0 Å². The van der Waals surface area contributed by atoms with E-state index in [2.05, 4.69) is 12.1 Å². The van der Waals surface area contributed by atoms with E-state index in [1.165, 1.54) is 54.0 Å². The van der Waals surface area contributed by atoms with Gasteiger partial charge in [0.2, 0.25) is 11.2 Å². The zero-order valence-corrected chi connectivity index (χ0v) is 21.3. The van der Waals surface area contributed by atoms with E-state index >= 15 is 0 Å². The average molecular weight is 543 g/mol.